The van der Waals surface area contributed by atoms with Crippen molar-refractivity contribution in [1.29, 1.82) is 0 Å². The lowest BCUT2D eigenvalue weighted by Gasteiger charge is -2.07. The third-order valence-electron chi connectivity index (χ3n) is 1.91. The van der Waals surface area contributed by atoms with Gasteiger partial charge in [-0.1, -0.05) is 31.3 Å². The molecule has 0 unspecified atom stereocenters. The van der Waals surface area contributed by atoms with E-state index in [0.717, 1.165) is 6.54 Å². The maximum Gasteiger partial charge on any atom is 0.324 e. The van der Waals surface area contributed by atoms with Gasteiger partial charge in [0.25, 0.3) is 0 Å². The molecule has 0 fully saturated rings. The first-order chi connectivity index (χ1) is 7.65. The number of hydrazine groups is 1. The van der Waals surface area contributed by atoms with E-state index in [4.69, 9.17) is 0 Å². The van der Waals surface area contributed by atoms with Gasteiger partial charge in [0, 0.05) is 5.56 Å². The number of aromatic hydroxyl groups is 1. The number of hydrogen-bond donors (Lipinski definition) is 5. The van der Waals surface area contributed by atoms with E-state index in [0.29, 0.717) is 16.4 Å². The van der Waals surface area contributed by atoms with Crippen molar-refractivity contribution >= 4 is 23.5 Å². The number of hydrogen-bond acceptors (Lipinski definition) is 2. The molecular weight excluding hydrogens is 222 g/mol. The molecule has 0 atom stereocenters. The fourth-order valence-electron chi connectivity index (χ4n) is 1.14. The lowest BCUT2D eigenvalue weighted by molar-refractivity contribution is -0.451. The summed E-state index contributed by atoms with van der Waals surface area (Å²) >= 11 is 4.15. The highest BCUT2D eigenvalue weighted by Crippen LogP contribution is 2.20. The van der Waals surface area contributed by atoms with Crippen LogP contribution in [0.5, 0.6) is 5.75 Å². The van der Waals surface area contributed by atoms with Gasteiger partial charge in [-0.15, -0.1) is 0 Å². The molecule has 0 aliphatic rings. The normalized spacial score (nSPS) is 11.0. The van der Waals surface area contributed by atoms with E-state index in [9.17, 15) is 5.11 Å². The van der Waals surface area contributed by atoms with Gasteiger partial charge < -0.3 is 5.11 Å². The second-order valence-electron chi connectivity index (χ2n) is 3.12. The Kier molecular flexibility index (Phi) is 4.72. The molecule has 0 heterocycles. The van der Waals surface area contributed by atoms with Gasteiger partial charge in [-0.25, -0.2) is 5.43 Å². The van der Waals surface area contributed by atoms with Crippen LogP contribution >= 0.6 is 12.6 Å². The number of amidine groups is 1. The average molecular weight is 238 g/mol. The summed E-state index contributed by atoms with van der Waals surface area (Å²) in [5.74, 6) is 0.186. The number of para-hydroxylation sites is 1. The molecule has 4 nitrogen and oxygen atoms in total. The maximum absolute atomic E-state index is 9.58. The Hall–Kier alpha value is -1.62. The summed E-state index contributed by atoms with van der Waals surface area (Å²) in [6.07, 6.45) is 0. The van der Waals surface area contributed by atoms with Crippen molar-refractivity contribution in [3.8, 4) is 5.75 Å². The maximum atomic E-state index is 9.58. The number of thiol groups is 1. The van der Waals surface area contributed by atoms with E-state index in [-0.39, 0.29) is 5.75 Å². The highest BCUT2D eigenvalue weighted by atomic mass is 32.1. The number of nitrogens with one attached hydrogen (secondary N) is 3. The molecule has 1 aromatic rings. The number of benzene rings is 1. The van der Waals surface area contributed by atoms with Gasteiger partial charge in [-0.3, -0.25) is 4.99 Å². The Morgan fingerprint density at radius 2 is 2.12 bits per heavy atom. The van der Waals surface area contributed by atoms with Crippen molar-refractivity contribution in [2.24, 2.45) is 0 Å². The van der Waals surface area contributed by atoms with Gasteiger partial charge in [-0.2, -0.15) is 5.43 Å². The highest BCUT2D eigenvalue weighted by molar-refractivity contribution is 7.96. The van der Waals surface area contributed by atoms with Gasteiger partial charge >= 0.3 is 5.17 Å². The molecule has 0 aliphatic heterocycles. The largest absolute Gasteiger partial charge is 0.507 e. The summed E-state index contributed by atoms with van der Waals surface area (Å²) in [6, 6.07) is 6.97. The fourth-order valence-corrected chi connectivity index (χ4v) is 1.36. The van der Waals surface area contributed by atoms with Crippen LogP contribution in [0.15, 0.2) is 30.8 Å². The molecule has 0 aliphatic carbocycles. The van der Waals surface area contributed by atoms with Crippen molar-refractivity contribution < 1.29 is 10.1 Å². The van der Waals surface area contributed by atoms with E-state index >= 15 is 0 Å². The minimum atomic E-state index is 0.186. The molecule has 4 N–H and O–H groups in total. The van der Waals surface area contributed by atoms with Gasteiger partial charge in [0.1, 0.15) is 5.75 Å². The van der Waals surface area contributed by atoms with Crippen molar-refractivity contribution in [3.63, 3.8) is 0 Å². The van der Waals surface area contributed by atoms with Crippen LogP contribution < -0.4 is 15.8 Å². The molecule has 1 rings (SSSR count). The van der Waals surface area contributed by atoms with E-state index in [2.05, 4.69) is 35.1 Å². The number of phenols is 1. The van der Waals surface area contributed by atoms with Gasteiger partial charge in [0.2, 0.25) is 0 Å². The molecule has 1 aromatic carbocycles. The summed E-state index contributed by atoms with van der Waals surface area (Å²) in [5.41, 5.74) is 6.88. The van der Waals surface area contributed by atoms with Crippen molar-refractivity contribution in [3.05, 3.63) is 36.4 Å². The minimum absolute atomic E-state index is 0.186. The smallest absolute Gasteiger partial charge is 0.324 e. The number of phenolic OH excluding ortho intramolecular Hbond substituents is 1. The second kappa shape index (κ2) is 6.07. The summed E-state index contributed by atoms with van der Waals surface area (Å²) in [4.78, 5) is 2.97. The van der Waals surface area contributed by atoms with Gasteiger partial charge in [0.15, 0.2) is 0 Å². The van der Waals surface area contributed by atoms with E-state index in [1.54, 1.807) is 18.2 Å². The second-order valence-corrected chi connectivity index (χ2v) is 3.57. The zero-order valence-corrected chi connectivity index (χ0v) is 10.0. The fraction of sp³-hybridized carbons (Fsp3) is 0.182. The third-order valence-corrected chi connectivity index (χ3v) is 2.18. The molecule has 86 valence electrons. The lowest BCUT2D eigenvalue weighted by Crippen LogP contribution is -2.75. The summed E-state index contributed by atoms with van der Waals surface area (Å²) in [5, 5.41) is 10.2. The Labute approximate surface area is 100 Å². The molecule has 5 heteroatoms. The summed E-state index contributed by atoms with van der Waals surface area (Å²) in [7, 11) is 0. The molecule has 0 saturated heterocycles. The molecule has 0 spiro atoms. The Morgan fingerprint density at radius 3 is 2.75 bits per heavy atom. The van der Waals surface area contributed by atoms with Crippen LogP contribution in [0.2, 0.25) is 0 Å². The van der Waals surface area contributed by atoms with Crippen molar-refractivity contribution in [2.45, 2.75) is 6.92 Å². The lowest BCUT2D eigenvalue weighted by atomic mass is 10.1. The zero-order chi connectivity index (χ0) is 12.0. The third kappa shape index (κ3) is 3.51. The standard InChI is InChI=1S/C11H15N3OS/c1-3-12-11(16)14-13-8(2)9-6-4-5-7-10(9)15/h4-7,13,15H,2-3H2,1H3,(H2,12,14,16)/p+1. The SMILES string of the molecule is C=C(NNC(S)=[NH+]CC)c1ccccc1O. The van der Waals surface area contributed by atoms with Crippen LogP contribution in [0, 0.1) is 0 Å². The first-order valence-corrected chi connectivity index (χ1v) is 5.39. The van der Waals surface area contributed by atoms with Crippen molar-refractivity contribution in [1.82, 2.24) is 10.9 Å². The molecule has 16 heavy (non-hydrogen) atoms. The van der Waals surface area contributed by atoms with E-state index in [1.165, 1.54) is 0 Å². The Morgan fingerprint density at radius 1 is 1.44 bits per heavy atom. The molecule has 0 saturated carbocycles. The first-order valence-electron chi connectivity index (χ1n) is 4.94. The molecule has 0 aromatic heterocycles. The minimum Gasteiger partial charge on any atom is -0.507 e. The van der Waals surface area contributed by atoms with Gasteiger partial charge in [0.05, 0.1) is 12.2 Å². The molecular formula is C11H16N3OS+. The first kappa shape index (κ1) is 12.4. The van der Waals surface area contributed by atoms with Crippen LogP contribution in [0.25, 0.3) is 5.70 Å². The quantitative estimate of drug-likeness (QED) is 0.219. The van der Waals surface area contributed by atoms with Crippen LogP contribution in [0.1, 0.15) is 12.5 Å². The van der Waals surface area contributed by atoms with E-state index < -0.39 is 0 Å². The molecule has 0 radical (unpaired) electrons. The van der Waals surface area contributed by atoms with Crippen LogP contribution in [-0.2, 0) is 0 Å². The molecule has 0 amide bonds. The van der Waals surface area contributed by atoms with Crippen molar-refractivity contribution in [2.75, 3.05) is 6.54 Å². The van der Waals surface area contributed by atoms with Gasteiger partial charge in [-0.05, 0) is 19.1 Å². The van der Waals surface area contributed by atoms with Crippen LogP contribution in [-0.4, -0.2) is 16.8 Å². The zero-order valence-electron chi connectivity index (χ0n) is 9.12. The summed E-state index contributed by atoms with van der Waals surface area (Å²) in [6.45, 7) is 6.55. The summed E-state index contributed by atoms with van der Waals surface area (Å²) < 4.78 is 0. The van der Waals surface area contributed by atoms with Crippen LogP contribution in [0.4, 0.5) is 0 Å². The molecule has 0 bridgehead atoms. The number of rotatable bonds is 4. The average Bonchev–Trinajstić information content (AvgIpc) is 2.27. The Balaban J connectivity index is 2.60. The topological polar surface area (TPSA) is 58.3 Å². The van der Waals surface area contributed by atoms with Crippen LogP contribution in [0.3, 0.4) is 0 Å². The Bertz CT molecular complexity index is 404. The highest BCUT2D eigenvalue weighted by Gasteiger charge is 2.06. The van der Waals surface area contributed by atoms with E-state index in [1.807, 2.05) is 13.0 Å². The predicted octanol–water partition coefficient (Wildman–Crippen LogP) is -0.157. The monoisotopic (exact) mass is 238 g/mol. The predicted molar refractivity (Wildman–Crippen MR) is 68.9 cm³/mol.